The van der Waals surface area contributed by atoms with Gasteiger partial charge in [-0.3, -0.25) is 0 Å². The van der Waals surface area contributed by atoms with Crippen LogP contribution < -0.4 is 11.6 Å². The van der Waals surface area contributed by atoms with Gasteiger partial charge in [-0.2, -0.15) is 5.10 Å². The fraction of sp³-hybridized carbons (Fsp3) is 0. The third-order valence-corrected chi connectivity index (χ3v) is 1.23. The highest BCUT2D eigenvalue weighted by Crippen LogP contribution is 2.03. The topological polar surface area (TPSA) is 64.4 Å². The smallest absolute Gasteiger partial charge is 0.0827 e. The highest BCUT2D eigenvalue weighted by Gasteiger charge is 1.94. The van der Waals surface area contributed by atoms with Crippen LogP contribution in [0.4, 0.5) is 0 Å². The Morgan fingerprint density at radius 1 is 1.20 bits per heavy atom. The minimum Gasteiger partial charge on any atom is -0.404 e. The molecule has 0 amide bonds. The van der Waals surface area contributed by atoms with Crippen molar-refractivity contribution in [1.29, 1.82) is 0 Å². The molecule has 0 atom stereocenters. The standard InChI is InChI=1S/C7H9N3/c8-5-6-1-3-7(10-9)4-2-6/h1-5H,8-9H2. The van der Waals surface area contributed by atoms with Crippen molar-refractivity contribution in [2.24, 2.45) is 16.7 Å². The zero-order valence-corrected chi connectivity index (χ0v) is 5.49. The molecule has 1 rings (SSSR count). The van der Waals surface area contributed by atoms with Gasteiger partial charge < -0.3 is 11.6 Å². The van der Waals surface area contributed by atoms with Crippen LogP contribution in [0.5, 0.6) is 0 Å². The summed E-state index contributed by atoms with van der Waals surface area (Å²) in [4.78, 5) is 0. The minimum atomic E-state index is 0.755. The maximum atomic E-state index is 5.25. The van der Waals surface area contributed by atoms with Crippen LogP contribution >= 0.6 is 0 Å². The van der Waals surface area contributed by atoms with Gasteiger partial charge in [-0.15, -0.1) is 0 Å². The Kier molecular flexibility index (Phi) is 1.89. The summed E-state index contributed by atoms with van der Waals surface area (Å²) in [5, 5.41) is 3.49. The van der Waals surface area contributed by atoms with Gasteiger partial charge in [-0.1, -0.05) is 12.2 Å². The van der Waals surface area contributed by atoms with Crippen LogP contribution in [0.1, 0.15) is 0 Å². The normalized spacial score (nSPS) is 15.6. The molecule has 1 aliphatic rings. The summed E-state index contributed by atoms with van der Waals surface area (Å²) < 4.78 is 0. The van der Waals surface area contributed by atoms with Gasteiger partial charge in [0.1, 0.15) is 0 Å². The first-order valence-electron chi connectivity index (χ1n) is 2.93. The number of rotatable bonds is 0. The van der Waals surface area contributed by atoms with Gasteiger partial charge in [0, 0.05) is 6.20 Å². The van der Waals surface area contributed by atoms with Gasteiger partial charge in [0.05, 0.1) is 5.71 Å². The first-order valence-corrected chi connectivity index (χ1v) is 2.93. The summed E-state index contributed by atoms with van der Waals surface area (Å²) >= 11 is 0. The Labute approximate surface area is 59.4 Å². The second-order valence-electron chi connectivity index (χ2n) is 1.89. The zero-order chi connectivity index (χ0) is 7.40. The van der Waals surface area contributed by atoms with Crippen molar-refractivity contribution in [3.8, 4) is 0 Å². The van der Waals surface area contributed by atoms with Crippen LogP contribution in [0, 0.1) is 0 Å². The van der Waals surface area contributed by atoms with Gasteiger partial charge in [0.2, 0.25) is 0 Å². The Morgan fingerprint density at radius 3 is 2.20 bits per heavy atom. The molecule has 0 bridgehead atoms. The van der Waals surface area contributed by atoms with E-state index in [2.05, 4.69) is 5.10 Å². The highest BCUT2D eigenvalue weighted by molar-refractivity contribution is 6.05. The SMILES string of the molecule is NC=C1C=CC(=NN)C=C1. The second-order valence-corrected chi connectivity index (χ2v) is 1.89. The third-order valence-electron chi connectivity index (χ3n) is 1.23. The zero-order valence-electron chi connectivity index (χ0n) is 5.49. The average molecular weight is 135 g/mol. The van der Waals surface area contributed by atoms with Crippen LogP contribution in [-0.2, 0) is 0 Å². The lowest BCUT2D eigenvalue weighted by Crippen LogP contribution is -1.98. The molecular weight excluding hydrogens is 126 g/mol. The lowest BCUT2D eigenvalue weighted by atomic mass is 10.1. The summed E-state index contributed by atoms with van der Waals surface area (Å²) in [5.74, 6) is 5.02. The average Bonchev–Trinajstić information content (AvgIpc) is 2.05. The molecule has 0 saturated heterocycles. The number of nitrogens with two attached hydrogens (primary N) is 2. The molecule has 0 aromatic heterocycles. The van der Waals surface area contributed by atoms with E-state index in [1.165, 1.54) is 6.20 Å². The van der Waals surface area contributed by atoms with Crippen LogP contribution in [0.2, 0.25) is 0 Å². The van der Waals surface area contributed by atoms with Crippen molar-refractivity contribution in [2.75, 3.05) is 0 Å². The van der Waals surface area contributed by atoms with E-state index in [1.807, 2.05) is 12.2 Å². The van der Waals surface area contributed by atoms with Crippen molar-refractivity contribution in [1.82, 2.24) is 0 Å². The fourth-order valence-corrected chi connectivity index (χ4v) is 0.671. The molecule has 0 heterocycles. The Balaban J connectivity index is 2.81. The quantitative estimate of drug-likeness (QED) is 0.370. The molecule has 0 spiro atoms. The molecule has 0 aromatic carbocycles. The molecule has 1 aliphatic carbocycles. The molecule has 52 valence electrons. The maximum absolute atomic E-state index is 5.25. The molecule has 3 nitrogen and oxygen atoms in total. The predicted molar refractivity (Wildman–Crippen MR) is 42.2 cm³/mol. The molecule has 0 radical (unpaired) electrons. The van der Waals surface area contributed by atoms with E-state index >= 15 is 0 Å². The molecule has 0 unspecified atom stereocenters. The monoisotopic (exact) mass is 135 g/mol. The highest BCUT2D eigenvalue weighted by atomic mass is 15.1. The second kappa shape index (κ2) is 2.87. The molecule has 0 saturated carbocycles. The van der Waals surface area contributed by atoms with Crippen LogP contribution in [0.15, 0.2) is 41.2 Å². The summed E-state index contributed by atoms with van der Waals surface area (Å²) in [6.45, 7) is 0. The van der Waals surface area contributed by atoms with E-state index in [1.54, 1.807) is 12.2 Å². The number of hydrazone groups is 1. The Bertz CT molecular complexity index is 191. The largest absolute Gasteiger partial charge is 0.404 e. The third kappa shape index (κ3) is 1.25. The van der Waals surface area contributed by atoms with E-state index in [0.717, 1.165) is 11.3 Å². The number of allylic oxidation sites excluding steroid dienone is 5. The van der Waals surface area contributed by atoms with Gasteiger partial charge in [-0.05, 0) is 17.7 Å². The molecule has 0 aliphatic heterocycles. The lowest BCUT2D eigenvalue weighted by Gasteiger charge is -1.98. The van der Waals surface area contributed by atoms with Gasteiger partial charge in [0.25, 0.3) is 0 Å². The van der Waals surface area contributed by atoms with E-state index in [0.29, 0.717) is 0 Å². The molecular formula is C7H9N3. The number of nitrogens with zero attached hydrogens (tertiary/aromatic N) is 1. The van der Waals surface area contributed by atoms with Gasteiger partial charge in [0.15, 0.2) is 0 Å². The van der Waals surface area contributed by atoms with Crippen LogP contribution in [-0.4, -0.2) is 5.71 Å². The summed E-state index contributed by atoms with van der Waals surface area (Å²) in [6, 6.07) is 0. The summed E-state index contributed by atoms with van der Waals surface area (Å²) in [6.07, 6.45) is 8.84. The van der Waals surface area contributed by atoms with E-state index in [9.17, 15) is 0 Å². The lowest BCUT2D eigenvalue weighted by molar-refractivity contribution is 1.25. The first-order chi connectivity index (χ1) is 4.86. The number of hydrogen-bond acceptors (Lipinski definition) is 3. The van der Waals surface area contributed by atoms with E-state index < -0.39 is 0 Å². The summed E-state index contributed by atoms with van der Waals surface area (Å²) in [5.41, 5.74) is 6.97. The summed E-state index contributed by atoms with van der Waals surface area (Å²) in [7, 11) is 0. The van der Waals surface area contributed by atoms with Gasteiger partial charge >= 0.3 is 0 Å². The maximum Gasteiger partial charge on any atom is 0.0827 e. The Morgan fingerprint density at radius 2 is 1.80 bits per heavy atom. The van der Waals surface area contributed by atoms with Crippen LogP contribution in [0.3, 0.4) is 0 Å². The van der Waals surface area contributed by atoms with Crippen molar-refractivity contribution in [3.05, 3.63) is 36.1 Å². The van der Waals surface area contributed by atoms with Crippen molar-refractivity contribution < 1.29 is 0 Å². The van der Waals surface area contributed by atoms with Crippen molar-refractivity contribution in [3.63, 3.8) is 0 Å². The fourth-order valence-electron chi connectivity index (χ4n) is 0.671. The van der Waals surface area contributed by atoms with Gasteiger partial charge in [-0.25, -0.2) is 0 Å². The number of hydrogen-bond donors (Lipinski definition) is 2. The molecule has 3 heteroatoms. The van der Waals surface area contributed by atoms with Crippen molar-refractivity contribution in [2.45, 2.75) is 0 Å². The molecule has 0 fully saturated rings. The van der Waals surface area contributed by atoms with Crippen LogP contribution in [0.25, 0.3) is 0 Å². The first kappa shape index (κ1) is 6.61. The molecule has 4 N–H and O–H groups in total. The van der Waals surface area contributed by atoms with E-state index in [4.69, 9.17) is 11.6 Å². The minimum absolute atomic E-state index is 0.755. The molecule has 10 heavy (non-hydrogen) atoms. The predicted octanol–water partition coefficient (Wildman–Crippen LogP) is 0.270. The Hall–Kier alpha value is -1.51. The molecule has 0 aromatic rings. The van der Waals surface area contributed by atoms with E-state index in [-0.39, 0.29) is 0 Å². The van der Waals surface area contributed by atoms with Crippen molar-refractivity contribution >= 4 is 5.71 Å².